The van der Waals surface area contributed by atoms with Crippen LogP contribution in [0.1, 0.15) is 12.0 Å². The number of carboxylic acid groups (broad SMARTS) is 1. The number of nitrogens with zero attached hydrogens (tertiary/aromatic N) is 1. The average Bonchev–Trinajstić information content (AvgIpc) is 2.93. The number of rotatable bonds is 6. The maximum atomic E-state index is 12.4. The molecular formula is C16H21NO5. The maximum Gasteiger partial charge on any atom is 0.313 e. The normalized spacial score (nSPS) is 20.9. The van der Waals surface area contributed by atoms with E-state index < -0.39 is 11.4 Å². The monoisotopic (exact) mass is 307 g/mol. The zero-order valence-electron chi connectivity index (χ0n) is 12.9. The summed E-state index contributed by atoms with van der Waals surface area (Å²) < 4.78 is 10.2. The molecular weight excluding hydrogens is 286 g/mol. The molecule has 1 atom stereocenters. The molecule has 1 heterocycles. The number of benzene rings is 1. The Labute approximate surface area is 129 Å². The van der Waals surface area contributed by atoms with Crippen molar-refractivity contribution in [2.45, 2.75) is 12.8 Å². The van der Waals surface area contributed by atoms with Crippen LogP contribution in [0.25, 0.3) is 0 Å². The van der Waals surface area contributed by atoms with E-state index in [1.54, 1.807) is 12.0 Å². The van der Waals surface area contributed by atoms with Crippen LogP contribution in [0.15, 0.2) is 24.3 Å². The number of methoxy groups -OCH3 is 2. The van der Waals surface area contributed by atoms with E-state index in [4.69, 9.17) is 9.47 Å². The van der Waals surface area contributed by atoms with E-state index in [2.05, 4.69) is 0 Å². The summed E-state index contributed by atoms with van der Waals surface area (Å²) in [6, 6.07) is 7.32. The molecule has 0 aliphatic carbocycles. The van der Waals surface area contributed by atoms with Crippen molar-refractivity contribution < 1.29 is 24.2 Å². The zero-order chi connectivity index (χ0) is 16.2. The third-order valence-electron chi connectivity index (χ3n) is 4.07. The molecule has 1 aromatic rings. The molecule has 22 heavy (non-hydrogen) atoms. The molecule has 2 rings (SSSR count). The van der Waals surface area contributed by atoms with Gasteiger partial charge in [-0.3, -0.25) is 9.59 Å². The van der Waals surface area contributed by atoms with Crippen LogP contribution in [-0.4, -0.2) is 55.8 Å². The van der Waals surface area contributed by atoms with E-state index in [9.17, 15) is 14.7 Å². The summed E-state index contributed by atoms with van der Waals surface area (Å²) in [6.07, 6.45) is 0.653. The lowest BCUT2D eigenvalue weighted by Crippen LogP contribution is -2.40. The molecule has 1 aliphatic heterocycles. The summed E-state index contributed by atoms with van der Waals surface area (Å²) in [5.41, 5.74) is -0.136. The zero-order valence-corrected chi connectivity index (χ0v) is 12.9. The van der Waals surface area contributed by atoms with Gasteiger partial charge in [0.05, 0.1) is 20.1 Å². The van der Waals surface area contributed by atoms with Crippen molar-refractivity contribution >= 4 is 11.9 Å². The molecule has 0 radical (unpaired) electrons. The highest BCUT2D eigenvalue weighted by Gasteiger charge is 2.46. The van der Waals surface area contributed by atoms with Crippen molar-refractivity contribution in [3.8, 4) is 5.75 Å². The first-order chi connectivity index (χ1) is 10.5. The molecule has 1 aliphatic rings. The fourth-order valence-electron chi connectivity index (χ4n) is 2.78. The first-order valence-corrected chi connectivity index (χ1v) is 7.14. The van der Waals surface area contributed by atoms with Crippen LogP contribution in [-0.2, 0) is 20.7 Å². The topological polar surface area (TPSA) is 76.1 Å². The van der Waals surface area contributed by atoms with E-state index in [-0.39, 0.29) is 25.5 Å². The van der Waals surface area contributed by atoms with Crippen LogP contribution in [0.2, 0.25) is 0 Å². The number of hydrogen-bond acceptors (Lipinski definition) is 4. The number of hydrogen-bond donors (Lipinski definition) is 1. The SMILES string of the molecule is COCC1(C(=O)O)CCN(C(=O)Cc2cccc(OC)c2)C1. The Morgan fingerprint density at radius 3 is 2.77 bits per heavy atom. The molecule has 6 heteroatoms. The van der Waals surface area contributed by atoms with Gasteiger partial charge in [-0.1, -0.05) is 12.1 Å². The summed E-state index contributed by atoms with van der Waals surface area (Å²) >= 11 is 0. The second kappa shape index (κ2) is 6.79. The second-order valence-electron chi connectivity index (χ2n) is 5.61. The van der Waals surface area contributed by atoms with Crippen molar-refractivity contribution in [1.82, 2.24) is 4.90 Å². The molecule has 1 unspecified atom stereocenters. The van der Waals surface area contributed by atoms with Crippen LogP contribution < -0.4 is 4.74 Å². The predicted octanol–water partition coefficient (Wildman–Crippen LogP) is 1.19. The Morgan fingerprint density at radius 2 is 2.14 bits per heavy atom. The fraction of sp³-hybridized carbons (Fsp3) is 0.500. The highest BCUT2D eigenvalue weighted by molar-refractivity contribution is 5.82. The van der Waals surface area contributed by atoms with E-state index in [0.717, 1.165) is 5.56 Å². The average molecular weight is 307 g/mol. The van der Waals surface area contributed by atoms with Gasteiger partial charge < -0.3 is 19.5 Å². The van der Waals surface area contributed by atoms with Gasteiger partial charge in [0.2, 0.25) is 5.91 Å². The molecule has 1 aromatic carbocycles. The number of ether oxygens (including phenoxy) is 2. The molecule has 120 valence electrons. The number of carboxylic acids is 1. The highest BCUT2D eigenvalue weighted by Crippen LogP contribution is 2.31. The number of aliphatic carboxylic acids is 1. The van der Waals surface area contributed by atoms with Crippen LogP contribution in [0.3, 0.4) is 0 Å². The van der Waals surface area contributed by atoms with Gasteiger partial charge in [-0.2, -0.15) is 0 Å². The summed E-state index contributed by atoms with van der Waals surface area (Å²) in [5.74, 6) is -0.288. The molecule has 1 fully saturated rings. The van der Waals surface area contributed by atoms with Crippen molar-refractivity contribution in [3.05, 3.63) is 29.8 Å². The minimum absolute atomic E-state index is 0.0764. The van der Waals surface area contributed by atoms with Gasteiger partial charge in [0, 0.05) is 20.2 Å². The van der Waals surface area contributed by atoms with Crippen molar-refractivity contribution in [2.75, 3.05) is 33.9 Å². The molecule has 1 saturated heterocycles. The third kappa shape index (κ3) is 3.39. The van der Waals surface area contributed by atoms with E-state index >= 15 is 0 Å². The van der Waals surface area contributed by atoms with Crippen LogP contribution >= 0.6 is 0 Å². The molecule has 0 spiro atoms. The fourth-order valence-corrected chi connectivity index (χ4v) is 2.78. The number of amides is 1. The molecule has 6 nitrogen and oxygen atoms in total. The predicted molar refractivity (Wildman–Crippen MR) is 79.8 cm³/mol. The number of carbonyl (C=O) groups is 2. The highest BCUT2D eigenvalue weighted by atomic mass is 16.5. The van der Waals surface area contributed by atoms with E-state index in [1.165, 1.54) is 7.11 Å². The second-order valence-corrected chi connectivity index (χ2v) is 5.61. The molecule has 1 N–H and O–H groups in total. The minimum atomic E-state index is -0.987. The number of likely N-dealkylation sites (tertiary alicyclic amines) is 1. The lowest BCUT2D eigenvalue weighted by molar-refractivity contribution is -0.151. The van der Waals surface area contributed by atoms with Crippen molar-refractivity contribution in [3.63, 3.8) is 0 Å². The van der Waals surface area contributed by atoms with Crippen molar-refractivity contribution in [1.29, 1.82) is 0 Å². The lowest BCUT2D eigenvalue weighted by atomic mass is 9.88. The van der Waals surface area contributed by atoms with Gasteiger partial charge in [-0.15, -0.1) is 0 Å². The summed E-state index contributed by atoms with van der Waals surface area (Å²) in [7, 11) is 3.05. The molecule has 0 bridgehead atoms. The van der Waals surface area contributed by atoms with E-state index in [1.807, 2.05) is 24.3 Å². The van der Waals surface area contributed by atoms with Gasteiger partial charge >= 0.3 is 5.97 Å². The Kier molecular flexibility index (Phi) is 5.03. The Bertz CT molecular complexity index is 559. The smallest absolute Gasteiger partial charge is 0.313 e. The van der Waals surface area contributed by atoms with Gasteiger partial charge in [0.1, 0.15) is 11.2 Å². The van der Waals surface area contributed by atoms with Crippen LogP contribution in [0.5, 0.6) is 5.75 Å². The summed E-state index contributed by atoms with van der Waals surface area (Å²) in [4.78, 5) is 25.5. The molecule has 0 saturated carbocycles. The molecule has 0 aromatic heterocycles. The first kappa shape index (κ1) is 16.3. The van der Waals surface area contributed by atoms with Gasteiger partial charge in [-0.05, 0) is 24.1 Å². The Morgan fingerprint density at radius 1 is 1.36 bits per heavy atom. The van der Waals surface area contributed by atoms with Gasteiger partial charge in [-0.25, -0.2) is 0 Å². The van der Waals surface area contributed by atoms with Gasteiger partial charge in [0.15, 0.2) is 0 Å². The maximum absolute atomic E-state index is 12.4. The first-order valence-electron chi connectivity index (χ1n) is 7.14. The lowest BCUT2D eigenvalue weighted by Gasteiger charge is -2.23. The number of carbonyl (C=O) groups excluding carboxylic acids is 1. The van der Waals surface area contributed by atoms with Crippen molar-refractivity contribution in [2.24, 2.45) is 5.41 Å². The molecule has 1 amide bonds. The summed E-state index contributed by atoms with van der Waals surface area (Å²) in [5, 5.41) is 9.42. The Hall–Kier alpha value is -2.08. The third-order valence-corrected chi connectivity index (χ3v) is 4.07. The Balaban J connectivity index is 2.03. The van der Waals surface area contributed by atoms with E-state index in [0.29, 0.717) is 18.7 Å². The van der Waals surface area contributed by atoms with Crippen LogP contribution in [0.4, 0.5) is 0 Å². The largest absolute Gasteiger partial charge is 0.497 e. The van der Waals surface area contributed by atoms with Gasteiger partial charge in [0.25, 0.3) is 0 Å². The minimum Gasteiger partial charge on any atom is -0.497 e. The standard InChI is InChI=1S/C16H21NO5/c1-21-11-16(15(19)20)6-7-17(10-16)14(18)9-12-4-3-5-13(8-12)22-2/h3-5,8H,6-7,9-11H2,1-2H3,(H,19,20). The summed E-state index contributed by atoms with van der Waals surface area (Å²) in [6.45, 7) is 0.753. The quantitative estimate of drug-likeness (QED) is 0.854. The van der Waals surface area contributed by atoms with Crippen LogP contribution in [0, 0.1) is 5.41 Å².